The van der Waals surface area contributed by atoms with Crippen molar-refractivity contribution in [3.63, 3.8) is 0 Å². The average molecular weight is 273 g/mol. The van der Waals surface area contributed by atoms with E-state index in [9.17, 15) is 14.4 Å². The summed E-state index contributed by atoms with van der Waals surface area (Å²) in [7, 11) is 0. The highest BCUT2D eigenvalue weighted by atomic mass is 16.4. The van der Waals surface area contributed by atoms with Crippen LogP contribution >= 0.6 is 0 Å². The van der Waals surface area contributed by atoms with Crippen LogP contribution in [0.3, 0.4) is 0 Å². The van der Waals surface area contributed by atoms with Crippen molar-refractivity contribution in [3.8, 4) is 0 Å². The summed E-state index contributed by atoms with van der Waals surface area (Å²) in [6.07, 6.45) is 0.314. The number of carboxylic acids is 1. The van der Waals surface area contributed by atoms with E-state index in [-0.39, 0.29) is 13.1 Å². The van der Waals surface area contributed by atoms with Crippen LogP contribution in [0.4, 0.5) is 4.79 Å². The summed E-state index contributed by atoms with van der Waals surface area (Å²) in [6, 6.07) is -0.449. The predicted molar refractivity (Wildman–Crippen MR) is 70.4 cm³/mol. The SMILES string of the molecule is CC(C)(CNC(=O)NCCC(C)(C)C(=O)O)C(N)=O. The van der Waals surface area contributed by atoms with E-state index in [1.54, 1.807) is 27.7 Å². The largest absolute Gasteiger partial charge is 0.481 e. The third kappa shape index (κ3) is 6.08. The van der Waals surface area contributed by atoms with E-state index < -0.39 is 28.7 Å². The number of carbonyl (C=O) groups excluding carboxylic acids is 2. The Balaban J connectivity index is 4.02. The summed E-state index contributed by atoms with van der Waals surface area (Å²) >= 11 is 0. The Kier molecular flexibility index (Phi) is 5.80. The van der Waals surface area contributed by atoms with Crippen molar-refractivity contribution < 1.29 is 19.5 Å². The molecule has 0 rings (SSSR count). The molecule has 0 saturated carbocycles. The second kappa shape index (κ2) is 6.40. The molecule has 0 aromatic heterocycles. The summed E-state index contributed by atoms with van der Waals surface area (Å²) in [5.74, 6) is -1.41. The topological polar surface area (TPSA) is 122 Å². The molecule has 0 bridgehead atoms. The second-order valence-corrected chi connectivity index (χ2v) is 5.80. The van der Waals surface area contributed by atoms with Gasteiger partial charge in [0.05, 0.1) is 10.8 Å². The highest BCUT2D eigenvalue weighted by Gasteiger charge is 2.27. The van der Waals surface area contributed by atoms with E-state index in [0.717, 1.165) is 0 Å². The van der Waals surface area contributed by atoms with Crippen LogP contribution in [0.2, 0.25) is 0 Å². The molecule has 0 aromatic rings. The average Bonchev–Trinajstić information content (AvgIpc) is 2.25. The molecule has 7 nitrogen and oxygen atoms in total. The van der Waals surface area contributed by atoms with Crippen LogP contribution in [0.15, 0.2) is 0 Å². The summed E-state index contributed by atoms with van der Waals surface area (Å²) in [5, 5.41) is 14.0. The fraction of sp³-hybridized carbons (Fsp3) is 0.750. The van der Waals surface area contributed by atoms with Crippen molar-refractivity contribution in [1.82, 2.24) is 10.6 Å². The molecule has 19 heavy (non-hydrogen) atoms. The molecular weight excluding hydrogens is 250 g/mol. The van der Waals surface area contributed by atoms with Gasteiger partial charge in [0.2, 0.25) is 5.91 Å². The molecule has 0 unspecified atom stereocenters. The van der Waals surface area contributed by atoms with Crippen molar-refractivity contribution in [2.24, 2.45) is 16.6 Å². The lowest BCUT2D eigenvalue weighted by Gasteiger charge is -2.22. The van der Waals surface area contributed by atoms with E-state index in [1.165, 1.54) is 0 Å². The van der Waals surface area contributed by atoms with E-state index in [2.05, 4.69) is 10.6 Å². The first kappa shape index (κ1) is 17.2. The number of hydrogen-bond donors (Lipinski definition) is 4. The van der Waals surface area contributed by atoms with Gasteiger partial charge in [-0.2, -0.15) is 0 Å². The molecule has 0 atom stereocenters. The summed E-state index contributed by atoms with van der Waals surface area (Å²) < 4.78 is 0. The zero-order valence-electron chi connectivity index (χ0n) is 11.9. The van der Waals surface area contributed by atoms with Crippen molar-refractivity contribution >= 4 is 17.9 Å². The van der Waals surface area contributed by atoms with Crippen molar-refractivity contribution in [3.05, 3.63) is 0 Å². The molecular formula is C12H23N3O4. The molecule has 0 aromatic carbocycles. The number of primary amides is 1. The van der Waals surface area contributed by atoms with Crippen LogP contribution in [-0.4, -0.2) is 36.1 Å². The molecule has 110 valence electrons. The molecule has 5 N–H and O–H groups in total. The highest BCUT2D eigenvalue weighted by Crippen LogP contribution is 2.19. The number of aliphatic carboxylic acids is 1. The smallest absolute Gasteiger partial charge is 0.314 e. The highest BCUT2D eigenvalue weighted by molar-refractivity contribution is 5.81. The van der Waals surface area contributed by atoms with Crippen LogP contribution in [0, 0.1) is 10.8 Å². The van der Waals surface area contributed by atoms with E-state index in [0.29, 0.717) is 6.42 Å². The van der Waals surface area contributed by atoms with Gasteiger partial charge >= 0.3 is 12.0 Å². The molecule has 0 aliphatic rings. The van der Waals surface area contributed by atoms with Gasteiger partial charge < -0.3 is 21.5 Å². The zero-order chi connectivity index (χ0) is 15.3. The molecule has 0 spiro atoms. The van der Waals surface area contributed by atoms with E-state index in [4.69, 9.17) is 10.8 Å². The third-order valence-electron chi connectivity index (χ3n) is 2.97. The second-order valence-electron chi connectivity index (χ2n) is 5.80. The minimum Gasteiger partial charge on any atom is -0.481 e. The van der Waals surface area contributed by atoms with Gasteiger partial charge in [-0.3, -0.25) is 9.59 Å². The Labute approximate surface area is 112 Å². The molecule has 0 radical (unpaired) electrons. The number of hydrogen-bond acceptors (Lipinski definition) is 3. The lowest BCUT2D eigenvalue weighted by Crippen LogP contribution is -2.46. The summed E-state index contributed by atoms with van der Waals surface area (Å²) in [6.45, 7) is 6.79. The number of nitrogens with one attached hydrogen (secondary N) is 2. The van der Waals surface area contributed by atoms with Crippen LogP contribution < -0.4 is 16.4 Å². The Morgan fingerprint density at radius 1 is 1.05 bits per heavy atom. The first-order chi connectivity index (χ1) is 8.49. The Morgan fingerprint density at radius 2 is 1.58 bits per heavy atom. The number of carbonyl (C=O) groups is 3. The maximum atomic E-state index is 11.4. The van der Waals surface area contributed by atoms with Crippen LogP contribution in [0.5, 0.6) is 0 Å². The van der Waals surface area contributed by atoms with Crippen LogP contribution in [-0.2, 0) is 9.59 Å². The van der Waals surface area contributed by atoms with E-state index in [1.807, 2.05) is 0 Å². The number of nitrogens with two attached hydrogens (primary N) is 1. The molecule has 0 aliphatic carbocycles. The Bertz CT molecular complexity index is 364. The lowest BCUT2D eigenvalue weighted by atomic mass is 9.90. The fourth-order valence-corrected chi connectivity index (χ4v) is 1.05. The van der Waals surface area contributed by atoms with Crippen LogP contribution in [0.25, 0.3) is 0 Å². The van der Waals surface area contributed by atoms with Gasteiger partial charge in [-0.25, -0.2) is 4.79 Å². The van der Waals surface area contributed by atoms with Crippen molar-refractivity contribution in [2.45, 2.75) is 34.1 Å². The third-order valence-corrected chi connectivity index (χ3v) is 2.97. The molecule has 0 saturated heterocycles. The van der Waals surface area contributed by atoms with Gasteiger partial charge in [-0.05, 0) is 34.1 Å². The normalized spacial score (nSPS) is 11.8. The number of amides is 3. The molecule has 3 amide bonds. The summed E-state index contributed by atoms with van der Waals surface area (Å²) in [5.41, 5.74) is 3.46. The zero-order valence-corrected chi connectivity index (χ0v) is 11.9. The molecule has 0 fully saturated rings. The van der Waals surface area contributed by atoms with Gasteiger partial charge in [-0.15, -0.1) is 0 Å². The first-order valence-corrected chi connectivity index (χ1v) is 6.04. The van der Waals surface area contributed by atoms with Crippen molar-refractivity contribution in [2.75, 3.05) is 13.1 Å². The Morgan fingerprint density at radius 3 is 2.00 bits per heavy atom. The number of carboxylic acid groups (broad SMARTS) is 1. The lowest BCUT2D eigenvalue weighted by molar-refractivity contribution is -0.147. The van der Waals surface area contributed by atoms with Gasteiger partial charge in [0.25, 0.3) is 0 Å². The fourth-order valence-electron chi connectivity index (χ4n) is 1.05. The monoisotopic (exact) mass is 273 g/mol. The number of rotatable bonds is 7. The first-order valence-electron chi connectivity index (χ1n) is 6.04. The van der Waals surface area contributed by atoms with E-state index >= 15 is 0 Å². The quantitative estimate of drug-likeness (QED) is 0.533. The van der Waals surface area contributed by atoms with Gasteiger partial charge in [0.1, 0.15) is 0 Å². The summed E-state index contributed by atoms with van der Waals surface area (Å²) in [4.78, 5) is 33.3. The van der Waals surface area contributed by atoms with Crippen molar-refractivity contribution in [1.29, 1.82) is 0 Å². The van der Waals surface area contributed by atoms with Crippen LogP contribution in [0.1, 0.15) is 34.1 Å². The maximum Gasteiger partial charge on any atom is 0.314 e. The van der Waals surface area contributed by atoms with Gasteiger partial charge in [0, 0.05) is 13.1 Å². The maximum absolute atomic E-state index is 11.4. The molecule has 7 heteroatoms. The minimum absolute atomic E-state index is 0.122. The molecule has 0 heterocycles. The Hall–Kier alpha value is -1.79. The van der Waals surface area contributed by atoms with Gasteiger partial charge in [-0.1, -0.05) is 0 Å². The van der Waals surface area contributed by atoms with Gasteiger partial charge in [0.15, 0.2) is 0 Å². The molecule has 0 aliphatic heterocycles. The minimum atomic E-state index is -0.912. The number of urea groups is 1. The predicted octanol–water partition coefficient (Wildman–Crippen LogP) is 0.298. The standard InChI is InChI=1S/C12H23N3O4/c1-11(2,9(17)18)5-6-14-10(19)15-7-12(3,4)8(13)16/h5-7H2,1-4H3,(H2,13,16)(H,17,18)(H2,14,15,19).